The van der Waals surface area contributed by atoms with E-state index in [1.807, 2.05) is 0 Å². The lowest BCUT2D eigenvalue weighted by Crippen LogP contribution is -2.41. The molecule has 0 aromatic rings. The molecule has 2 aliphatic carbocycles. The Morgan fingerprint density at radius 1 is 1.11 bits per heavy atom. The molecule has 0 unspecified atom stereocenters. The lowest BCUT2D eigenvalue weighted by Gasteiger charge is -2.32. The number of rotatable bonds is 4. The molecule has 2 aliphatic rings. The van der Waals surface area contributed by atoms with Gasteiger partial charge < -0.3 is 10.0 Å². The highest BCUT2D eigenvalue weighted by molar-refractivity contribution is 5.79. The second-order valence-corrected chi connectivity index (χ2v) is 5.58. The second kappa shape index (κ2) is 5.69. The molecule has 2 rings (SSSR count). The summed E-state index contributed by atoms with van der Waals surface area (Å²) in [5.41, 5.74) is 0. The van der Waals surface area contributed by atoms with Gasteiger partial charge in [-0.25, -0.2) is 0 Å². The predicted molar refractivity (Wildman–Crippen MR) is 63.3 cm³/mol. The molecule has 0 bridgehead atoms. The minimum Gasteiger partial charge on any atom is -0.395 e. The number of halogens is 3. The summed E-state index contributed by atoms with van der Waals surface area (Å²) in [6.07, 6.45) is -1.49. The van der Waals surface area contributed by atoms with Gasteiger partial charge >= 0.3 is 6.18 Å². The lowest BCUT2D eigenvalue weighted by molar-refractivity contribution is -0.185. The highest BCUT2D eigenvalue weighted by Gasteiger charge is 2.44. The summed E-state index contributed by atoms with van der Waals surface area (Å²) in [6.45, 7) is 0.225. The largest absolute Gasteiger partial charge is 0.395 e. The number of aliphatic hydroxyl groups is 1. The molecule has 0 heterocycles. The molecule has 0 aliphatic heterocycles. The molecule has 2 saturated carbocycles. The summed E-state index contributed by atoms with van der Waals surface area (Å²) >= 11 is 0. The van der Waals surface area contributed by atoms with E-state index in [1.54, 1.807) is 4.90 Å². The van der Waals surface area contributed by atoms with Crippen molar-refractivity contribution in [3.05, 3.63) is 0 Å². The maximum atomic E-state index is 12.6. The first-order chi connectivity index (χ1) is 8.93. The van der Waals surface area contributed by atoms with Gasteiger partial charge in [0.2, 0.25) is 5.91 Å². The van der Waals surface area contributed by atoms with Gasteiger partial charge in [0.25, 0.3) is 0 Å². The Kier molecular flexibility index (Phi) is 4.38. The van der Waals surface area contributed by atoms with E-state index in [0.717, 1.165) is 12.8 Å². The Balaban J connectivity index is 1.87. The van der Waals surface area contributed by atoms with Crippen LogP contribution in [0.25, 0.3) is 0 Å². The quantitative estimate of drug-likeness (QED) is 0.858. The summed E-state index contributed by atoms with van der Waals surface area (Å²) in [5, 5.41) is 8.97. The first-order valence-corrected chi connectivity index (χ1v) is 6.91. The number of hydrogen-bond donors (Lipinski definition) is 1. The minimum atomic E-state index is -4.13. The number of alkyl halides is 3. The molecular formula is C13H20F3NO2. The van der Waals surface area contributed by atoms with Crippen molar-refractivity contribution in [1.82, 2.24) is 4.90 Å². The molecule has 0 spiro atoms. The fraction of sp³-hybridized carbons (Fsp3) is 0.923. The zero-order valence-electron chi connectivity index (χ0n) is 10.8. The van der Waals surface area contributed by atoms with Gasteiger partial charge in [-0.1, -0.05) is 0 Å². The van der Waals surface area contributed by atoms with Gasteiger partial charge in [0, 0.05) is 18.5 Å². The molecule has 3 nitrogen and oxygen atoms in total. The smallest absolute Gasteiger partial charge is 0.391 e. The third kappa shape index (κ3) is 3.61. The van der Waals surface area contributed by atoms with Crippen LogP contribution in [0, 0.1) is 11.8 Å². The van der Waals surface area contributed by atoms with Crippen molar-refractivity contribution in [2.45, 2.75) is 50.7 Å². The van der Waals surface area contributed by atoms with Crippen LogP contribution in [0.15, 0.2) is 0 Å². The Hall–Kier alpha value is -0.780. The summed E-state index contributed by atoms with van der Waals surface area (Å²) in [5.74, 6) is -1.59. The number of carbonyl (C=O) groups excluding carboxylic acids is 1. The zero-order valence-corrected chi connectivity index (χ0v) is 10.8. The molecule has 0 aromatic heterocycles. The molecule has 0 saturated heterocycles. The van der Waals surface area contributed by atoms with E-state index in [2.05, 4.69) is 0 Å². The van der Waals surface area contributed by atoms with Crippen LogP contribution in [-0.4, -0.2) is 41.3 Å². The fourth-order valence-electron chi connectivity index (χ4n) is 2.87. The van der Waals surface area contributed by atoms with E-state index in [1.165, 1.54) is 0 Å². The summed E-state index contributed by atoms with van der Waals surface area (Å²) in [6, 6.07) is 0.208. The van der Waals surface area contributed by atoms with Crippen molar-refractivity contribution < 1.29 is 23.1 Å². The van der Waals surface area contributed by atoms with Gasteiger partial charge in [-0.2, -0.15) is 13.2 Å². The highest BCUT2D eigenvalue weighted by atomic mass is 19.4. The van der Waals surface area contributed by atoms with Crippen LogP contribution < -0.4 is 0 Å². The molecule has 1 N–H and O–H groups in total. The third-order valence-electron chi connectivity index (χ3n) is 4.15. The van der Waals surface area contributed by atoms with E-state index in [-0.39, 0.29) is 37.3 Å². The number of aliphatic hydroxyl groups excluding tert-OH is 1. The number of amides is 1. The SMILES string of the molecule is O=C(C1CCC(C(F)(F)F)CC1)N(CCO)C1CC1. The molecule has 0 atom stereocenters. The summed E-state index contributed by atoms with van der Waals surface area (Å²) in [7, 11) is 0. The molecular weight excluding hydrogens is 259 g/mol. The minimum absolute atomic E-state index is 0.0531. The van der Waals surface area contributed by atoms with Crippen molar-refractivity contribution in [3.63, 3.8) is 0 Å². The monoisotopic (exact) mass is 279 g/mol. The average molecular weight is 279 g/mol. The standard InChI is InChI=1S/C13H20F3NO2/c14-13(15,16)10-3-1-9(2-4-10)12(19)17(7-8-18)11-5-6-11/h9-11,18H,1-8H2. The van der Waals surface area contributed by atoms with Gasteiger partial charge in [-0.3, -0.25) is 4.79 Å². The molecule has 2 fully saturated rings. The van der Waals surface area contributed by atoms with Crippen molar-refractivity contribution in [3.8, 4) is 0 Å². The van der Waals surface area contributed by atoms with Gasteiger partial charge in [0.05, 0.1) is 12.5 Å². The van der Waals surface area contributed by atoms with Crippen molar-refractivity contribution in [1.29, 1.82) is 0 Å². The van der Waals surface area contributed by atoms with Crippen LogP contribution in [0.2, 0.25) is 0 Å². The topological polar surface area (TPSA) is 40.5 Å². The molecule has 19 heavy (non-hydrogen) atoms. The van der Waals surface area contributed by atoms with Crippen molar-refractivity contribution in [2.75, 3.05) is 13.2 Å². The molecule has 6 heteroatoms. The first kappa shape index (κ1) is 14.6. The van der Waals surface area contributed by atoms with E-state index >= 15 is 0 Å². The third-order valence-corrected chi connectivity index (χ3v) is 4.15. The van der Waals surface area contributed by atoms with Gasteiger partial charge in [-0.05, 0) is 38.5 Å². The van der Waals surface area contributed by atoms with Crippen LogP contribution in [0.3, 0.4) is 0 Å². The van der Waals surface area contributed by atoms with E-state index < -0.39 is 12.1 Å². The van der Waals surface area contributed by atoms with E-state index in [0.29, 0.717) is 19.4 Å². The number of nitrogens with zero attached hydrogens (tertiary/aromatic N) is 1. The lowest BCUT2D eigenvalue weighted by atomic mass is 9.81. The zero-order chi connectivity index (χ0) is 14.0. The molecule has 110 valence electrons. The Morgan fingerprint density at radius 3 is 2.11 bits per heavy atom. The maximum Gasteiger partial charge on any atom is 0.391 e. The Morgan fingerprint density at radius 2 is 1.68 bits per heavy atom. The maximum absolute atomic E-state index is 12.6. The number of hydrogen-bond acceptors (Lipinski definition) is 2. The highest BCUT2D eigenvalue weighted by Crippen LogP contribution is 2.40. The molecule has 1 amide bonds. The Bertz CT molecular complexity index is 320. The summed E-state index contributed by atoms with van der Waals surface area (Å²) < 4.78 is 37.7. The van der Waals surface area contributed by atoms with Crippen LogP contribution in [-0.2, 0) is 4.79 Å². The average Bonchev–Trinajstić information content (AvgIpc) is 3.18. The van der Waals surface area contributed by atoms with Gasteiger partial charge in [0.15, 0.2) is 0 Å². The normalized spacial score (nSPS) is 28.2. The predicted octanol–water partition coefficient (Wildman–Crippen LogP) is 2.34. The number of carbonyl (C=O) groups is 1. The summed E-state index contributed by atoms with van der Waals surface area (Å²) in [4.78, 5) is 13.9. The van der Waals surface area contributed by atoms with E-state index in [4.69, 9.17) is 5.11 Å². The second-order valence-electron chi connectivity index (χ2n) is 5.58. The van der Waals surface area contributed by atoms with Crippen molar-refractivity contribution in [2.24, 2.45) is 11.8 Å². The van der Waals surface area contributed by atoms with Crippen LogP contribution in [0.5, 0.6) is 0 Å². The first-order valence-electron chi connectivity index (χ1n) is 6.91. The molecule has 0 radical (unpaired) electrons. The van der Waals surface area contributed by atoms with Gasteiger partial charge in [-0.15, -0.1) is 0 Å². The fourth-order valence-corrected chi connectivity index (χ4v) is 2.87. The van der Waals surface area contributed by atoms with Crippen LogP contribution in [0.1, 0.15) is 38.5 Å². The van der Waals surface area contributed by atoms with E-state index in [9.17, 15) is 18.0 Å². The Labute approximate surface area is 110 Å². The van der Waals surface area contributed by atoms with Crippen LogP contribution >= 0.6 is 0 Å². The van der Waals surface area contributed by atoms with Crippen LogP contribution in [0.4, 0.5) is 13.2 Å². The van der Waals surface area contributed by atoms with Gasteiger partial charge in [0.1, 0.15) is 0 Å². The molecule has 0 aromatic carbocycles. The van der Waals surface area contributed by atoms with Crippen molar-refractivity contribution >= 4 is 5.91 Å².